The van der Waals surface area contributed by atoms with Gasteiger partial charge in [-0.3, -0.25) is 0 Å². The first-order valence-corrected chi connectivity index (χ1v) is 6.81. The average molecular weight is 250 g/mol. The van der Waals surface area contributed by atoms with Gasteiger partial charge in [-0.05, 0) is 19.3 Å². The smallest absolute Gasteiger partial charge is 0.242 e. The van der Waals surface area contributed by atoms with Gasteiger partial charge in [0.25, 0.3) is 0 Å². The molecule has 0 spiro atoms. The van der Waals surface area contributed by atoms with Crippen molar-refractivity contribution in [3.63, 3.8) is 0 Å². The third-order valence-electron chi connectivity index (χ3n) is 3.28. The highest BCUT2D eigenvalue weighted by atomic mass is 16.5. The maximum atomic E-state index is 6.03. The van der Waals surface area contributed by atoms with Crippen LogP contribution in [0.4, 0.5) is 11.5 Å². The minimum absolute atomic E-state index is 0.491. The second-order valence-electron chi connectivity index (χ2n) is 4.77. The van der Waals surface area contributed by atoms with E-state index in [9.17, 15) is 0 Å². The number of aromatic nitrogens is 2. The Morgan fingerprint density at radius 1 is 1.39 bits per heavy atom. The predicted octanol–water partition coefficient (Wildman–Crippen LogP) is 2.59. The molecule has 1 fully saturated rings. The van der Waals surface area contributed by atoms with Gasteiger partial charge in [-0.15, -0.1) is 0 Å². The molecule has 1 aromatic heterocycles. The van der Waals surface area contributed by atoms with E-state index in [-0.39, 0.29) is 0 Å². The summed E-state index contributed by atoms with van der Waals surface area (Å²) in [4.78, 5) is 8.29. The van der Waals surface area contributed by atoms with Crippen LogP contribution in [0.1, 0.15) is 45.4 Å². The number of anilines is 2. The Morgan fingerprint density at radius 3 is 2.89 bits per heavy atom. The van der Waals surface area contributed by atoms with Crippen LogP contribution in [0.25, 0.3) is 0 Å². The van der Waals surface area contributed by atoms with Crippen LogP contribution in [0, 0.1) is 0 Å². The highest BCUT2D eigenvalue weighted by Gasteiger charge is 2.17. The van der Waals surface area contributed by atoms with Crippen molar-refractivity contribution in [2.24, 2.45) is 0 Å². The first-order chi connectivity index (χ1) is 8.81. The van der Waals surface area contributed by atoms with Crippen molar-refractivity contribution in [3.8, 4) is 5.88 Å². The number of nitrogens with two attached hydrogens (primary N) is 1. The molecule has 0 aromatic carbocycles. The number of nitrogens with one attached hydrogen (secondary N) is 1. The lowest BCUT2D eigenvalue weighted by Gasteiger charge is -2.15. The standard InChI is InChI=1S/C13H22N4O/c1-2-3-8-18-13-11(14)12(15-9-16-13)17-10-6-4-5-7-10/h9-10H,2-8,14H2,1H3,(H,15,16,17). The molecule has 0 saturated heterocycles. The molecule has 1 aliphatic carbocycles. The molecule has 1 heterocycles. The summed E-state index contributed by atoms with van der Waals surface area (Å²) in [5.74, 6) is 1.21. The molecule has 1 saturated carbocycles. The first kappa shape index (κ1) is 12.9. The van der Waals surface area contributed by atoms with Crippen LogP contribution in [0.5, 0.6) is 5.88 Å². The first-order valence-electron chi connectivity index (χ1n) is 6.81. The van der Waals surface area contributed by atoms with Gasteiger partial charge in [-0.25, -0.2) is 4.98 Å². The van der Waals surface area contributed by atoms with Gasteiger partial charge in [-0.2, -0.15) is 4.98 Å². The Bertz CT molecular complexity index is 377. The van der Waals surface area contributed by atoms with Gasteiger partial charge in [-0.1, -0.05) is 26.2 Å². The second kappa shape index (κ2) is 6.42. The van der Waals surface area contributed by atoms with Crippen molar-refractivity contribution in [3.05, 3.63) is 6.33 Å². The van der Waals surface area contributed by atoms with Gasteiger partial charge < -0.3 is 15.8 Å². The average Bonchev–Trinajstić information content (AvgIpc) is 2.87. The van der Waals surface area contributed by atoms with E-state index >= 15 is 0 Å². The van der Waals surface area contributed by atoms with Crippen LogP contribution in [0.3, 0.4) is 0 Å². The zero-order chi connectivity index (χ0) is 12.8. The number of unbranched alkanes of at least 4 members (excludes halogenated alkanes) is 1. The van der Waals surface area contributed by atoms with E-state index < -0.39 is 0 Å². The molecule has 0 bridgehead atoms. The molecule has 3 N–H and O–H groups in total. The Hall–Kier alpha value is -1.52. The quantitative estimate of drug-likeness (QED) is 0.759. The summed E-state index contributed by atoms with van der Waals surface area (Å²) in [7, 11) is 0. The fraction of sp³-hybridized carbons (Fsp3) is 0.692. The summed E-state index contributed by atoms with van der Waals surface area (Å²) in [6.45, 7) is 2.78. The van der Waals surface area contributed by atoms with E-state index in [1.807, 2.05) is 0 Å². The Morgan fingerprint density at radius 2 is 2.17 bits per heavy atom. The molecular formula is C13H22N4O. The molecule has 0 unspecified atom stereocenters. The van der Waals surface area contributed by atoms with Crippen molar-refractivity contribution < 1.29 is 4.74 Å². The molecule has 2 rings (SSSR count). The number of hydrogen-bond acceptors (Lipinski definition) is 5. The molecule has 0 aliphatic heterocycles. The third kappa shape index (κ3) is 3.24. The van der Waals surface area contributed by atoms with Crippen LogP contribution >= 0.6 is 0 Å². The molecule has 100 valence electrons. The topological polar surface area (TPSA) is 73.1 Å². The number of nitrogen functional groups attached to an aromatic ring is 1. The SMILES string of the molecule is CCCCOc1ncnc(NC2CCCC2)c1N. The van der Waals surface area contributed by atoms with E-state index in [1.54, 1.807) is 0 Å². The van der Waals surface area contributed by atoms with Crippen LogP contribution < -0.4 is 15.8 Å². The summed E-state index contributed by atoms with van der Waals surface area (Å²) >= 11 is 0. The lowest BCUT2D eigenvalue weighted by molar-refractivity contribution is 0.299. The maximum Gasteiger partial charge on any atom is 0.242 e. The predicted molar refractivity (Wildman–Crippen MR) is 72.7 cm³/mol. The monoisotopic (exact) mass is 250 g/mol. The van der Waals surface area contributed by atoms with E-state index in [4.69, 9.17) is 10.5 Å². The molecule has 0 atom stereocenters. The summed E-state index contributed by atoms with van der Waals surface area (Å²) < 4.78 is 5.57. The van der Waals surface area contributed by atoms with Gasteiger partial charge in [0, 0.05) is 6.04 Å². The number of rotatable bonds is 6. The van der Waals surface area contributed by atoms with E-state index in [1.165, 1.54) is 32.0 Å². The van der Waals surface area contributed by atoms with E-state index in [2.05, 4.69) is 22.2 Å². The third-order valence-corrected chi connectivity index (χ3v) is 3.28. The van der Waals surface area contributed by atoms with Crippen LogP contribution in [-0.2, 0) is 0 Å². The molecule has 5 heteroatoms. The highest BCUT2D eigenvalue weighted by Crippen LogP contribution is 2.28. The van der Waals surface area contributed by atoms with Gasteiger partial charge in [0.1, 0.15) is 12.0 Å². The Kier molecular flexibility index (Phi) is 4.61. The number of ether oxygens (including phenoxy) is 1. The van der Waals surface area contributed by atoms with Crippen LogP contribution in [0.15, 0.2) is 6.33 Å². The summed E-state index contributed by atoms with van der Waals surface area (Å²) in [6.07, 6.45) is 8.55. The zero-order valence-corrected chi connectivity index (χ0v) is 11.0. The molecule has 1 aromatic rings. The second-order valence-corrected chi connectivity index (χ2v) is 4.77. The fourth-order valence-electron chi connectivity index (χ4n) is 2.19. The Balaban J connectivity index is 1.99. The lowest BCUT2D eigenvalue weighted by Crippen LogP contribution is -2.17. The van der Waals surface area contributed by atoms with Crippen molar-refractivity contribution >= 4 is 11.5 Å². The molecular weight excluding hydrogens is 228 g/mol. The van der Waals surface area contributed by atoms with Gasteiger partial charge in [0.15, 0.2) is 5.82 Å². The van der Waals surface area contributed by atoms with E-state index in [0.717, 1.165) is 12.8 Å². The maximum absolute atomic E-state index is 6.03. The molecule has 0 radical (unpaired) electrons. The molecule has 0 amide bonds. The largest absolute Gasteiger partial charge is 0.476 e. The zero-order valence-electron chi connectivity index (χ0n) is 11.0. The van der Waals surface area contributed by atoms with E-state index in [0.29, 0.717) is 30.0 Å². The van der Waals surface area contributed by atoms with Gasteiger partial charge in [0.2, 0.25) is 5.88 Å². The van der Waals surface area contributed by atoms with Crippen molar-refractivity contribution in [1.82, 2.24) is 9.97 Å². The highest BCUT2D eigenvalue weighted by molar-refractivity contribution is 5.66. The van der Waals surface area contributed by atoms with Gasteiger partial charge in [0.05, 0.1) is 6.61 Å². The van der Waals surface area contributed by atoms with Gasteiger partial charge >= 0.3 is 0 Å². The van der Waals surface area contributed by atoms with Crippen molar-refractivity contribution in [2.45, 2.75) is 51.5 Å². The van der Waals surface area contributed by atoms with Crippen LogP contribution in [0.2, 0.25) is 0 Å². The number of hydrogen-bond donors (Lipinski definition) is 2. The van der Waals surface area contributed by atoms with Crippen LogP contribution in [-0.4, -0.2) is 22.6 Å². The Labute approximate surface area is 108 Å². The molecule has 1 aliphatic rings. The normalized spacial score (nSPS) is 15.8. The summed E-state index contributed by atoms with van der Waals surface area (Å²) in [5, 5.41) is 3.38. The molecule has 18 heavy (non-hydrogen) atoms. The fourth-order valence-corrected chi connectivity index (χ4v) is 2.19. The van der Waals surface area contributed by atoms with Crippen molar-refractivity contribution in [1.29, 1.82) is 0 Å². The summed E-state index contributed by atoms with van der Waals surface area (Å²) in [6, 6.07) is 0.491. The minimum atomic E-state index is 0.491. The van der Waals surface area contributed by atoms with Crippen molar-refractivity contribution in [2.75, 3.05) is 17.7 Å². The number of nitrogens with zero attached hydrogens (tertiary/aromatic N) is 2. The molecule has 5 nitrogen and oxygen atoms in total. The summed E-state index contributed by atoms with van der Waals surface area (Å²) in [5.41, 5.74) is 6.56. The lowest BCUT2D eigenvalue weighted by atomic mass is 10.2. The minimum Gasteiger partial charge on any atom is -0.476 e.